The van der Waals surface area contributed by atoms with Crippen molar-refractivity contribution < 1.29 is 4.42 Å². The summed E-state index contributed by atoms with van der Waals surface area (Å²) in [5.74, 6) is 2.28. The van der Waals surface area contributed by atoms with Gasteiger partial charge in [0.05, 0.1) is 12.2 Å². The molecule has 0 radical (unpaired) electrons. The van der Waals surface area contributed by atoms with Crippen LogP contribution >= 0.6 is 0 Å². The molecule has 1 aliphatic heterocycles. The van der Waals surface area contributed by atoms with Crippen molar-refractivity contribution in [1.29, 1.82) is 0 Å². The van der Waals surface area contributed by atoms with Gasteiger partial charge >= 0.3 is 0 Å². The number of nitrogens with zero attached hydrogens (tertiary/aromatic N) is 1. The van der Waals surface area contributed by atoms with E-state index >= 15 is 0 Å². The highest BCUT2D eigenvalue weighted by atomic mass is 16.4. The van der Waals surface area contributed by atoms with E-state index in [0.717, 1.165) is 24.6 Å². The number of aromatic nitrogens is 1. The molecule has 1 saturated heterocycles. The number of oxazole rings is 1. The topological polar surface area (TPSA) is 38.1 Å². The molecule has 0 aromatic carbocycles. The maximum atomic E-state index is 5.66. The summed E-state index contributed by atoms with van der Waals surface area (Å²) in [7, 11) is 0. The van der Waals surface area contributed by atoms with Gasteiger partial charge in [-0.25, -0.2) is 4.98 Å². The molecule has 0 bridgehead atoms. The van der Waals surface area contributed by atoms with Gasteiger partial charge in [-0.1, -0.05) is 13.8 Å². The number of rotatable bonds is 2. The lowest BCUT2D eigenvalue weighted by atomic mass is 10.2. The lowest BCUT2D eigenvalue weighted by Gasteiger charge is -2.04. The summed E-state index contributed by atoms with van der Waals surface area (Å²) in [5.41, 5.74) is 0. The van der Waals surface area contributed by atoms with Crippen LogP contribution in [0, 0.1) is 0 Å². The highest BCUT2D eigenvalue weighted by Gasteiger charge is 2.21. The van der Waals surface area contributed by atoms with E-state index < -0.39 is 0 Å². The second-order valence-electron chi connectivity index (χ2n) is 3.90. The highest BCUT2D eigenvalue weighted by molar-refractivity contribution is 5.02. The van der Waals surface area contributed by atoms with Crippen molar-refractivity contribution in [2.75, 3.05) is 6.54 Å². The fraction of sp³-hybridized carbons (Fsp3) is 0.700. The Bertz CT molecular complexity index is 274. The van der Waals surface area contributed by atoms with Crippen molar-refractivity contribution in [2.24, 2.45) is 0 Å². The lowest BCUT2D eigenvalue weighted by molar-refractivity contribution is 0.394. The molecule has 13 heavy (non-hydrogen) atoms. The molecule has 1 atom stereocenters. The lowest BCUT2D eigenvalue weighted by Crippen LogP contribution is -2.12. The minimum atomic E-state index is 0.354. The quantitative estimate of drug-likeness (QED) is 0.758. The first-order chi connectivity index (χ1) is 6.27. The summed E-state index contributed by atoms with van der Waals surface area (Å²) in [4.78, 5) is 4.29. The summed E-state index contributed by atoms with van der Waals surface area (Å²) in [5, 5.41) is 3.37. The average molecular weight is 180 g/mol. The molecule has 1 N–H and O–H groups in total. The van der Waals surface area contributed by atoms with Crippen LogP contribution in [0.1, 0.15) is 50.3 Å². The first kappa shape index (κ1) is 8.75. The fourth-order valence-corrected chi connectivity index (χ4v) is 1.62. The molecule has 1 unspecified atom stereocenters. The first-order valence-electron chi connectivity index (χ1n) is 4.96. The molecular formula is C10H16N2O. The molecule has 72 valence electrons. The second kappa shape index (κ2) is 3.50. The molecule has 1 fully saturated rings. The van der Waals surface area contributed by atoms with Crippen LogP contribution in [0.25, 0.3) is 0 Å². The Labute approximate surface area is 78.5 Å². The molecule has 2 rings (SSSR count). The Balaban J connectivity index is 2.12. The zero-order chi connectivity index (χ0) is 9.26. The van der Waals surface area contributed by atoms with E-state index in [1.54, 1.807) is 0 Å². The Kier molecular flexibility index (Phi) is 2.36. The van der Waals surface area contributed by atoms with Gasteiger partial charge in [0.25, 0.3) is 0 Å². The molecule has 3 heteroatoms. The van der Waals surface area contributed by atoms with Gasteiger partial charge in [0.15, 0.2) is 0 Å². The van der Waals surface area contributed by atoms with Crippen LogP contribution in [0.2, 0.25) is 0 Å². The molecule has 0 saturated carbocycles. The molecule has 0 amide bonds. The Hall–Kier alpha value is -0.830. The molecule has 1 aromatic rings. The van der Waals surface area contributed by atoms with Crippen LogP contribution in [0.3, 0.4) is 0 Å². The van der Waals surface area contributed by atoms with Crippen molar-refractivity contribution in [2.45, 2.75) is 38.6 Å². The van der Waals surface area contributed by atoms with E-state index in [-0.39, 0.29) is 0 Å². The number of hydrogen-bond acceptors (Lipinski definition) is 3. The summed E-state index contributed by atoms with van der Waals surface area (Å²) in [6.45, 7) is 5.32. The van der Waals surface area contributed by atoms with Crippen molar-refractivity contribution in [1.82, 2.24) is 10.3 Å². The van der Waals surface area contributed by atoms with Crippen LogP contribution in [0.5, 0.6) is 0 Å². The van der Waals surface area contributed by atoms with Crippen LogP contribution in [-0.2, 0) is 0 Å². The van der Waals surface area contributed by atoms with Gasteiger partial charge < -0.3 is 9.73 Å². The van der Waals surface area contributed by atoms with Crippen molar-refractivity contribution in [3.05, 3.63) is 17.8 Å². The summed E-state index contributed by atoms with van der Waals surface area (Å²) in [6, 6.07) is 0.354. The predicted molar refractivity (Wildman–Crippen MR) is 50.6 cm³/mol. The molecule has 0 aliphatic carbocycles. The predicted octanol–water partition coefficient (Wildman–Crippen LogP) is 2.22. The molecule has 1 aromatic heterocycles. The van der Waals surface area contributed by atoms with E-state index in [4.69, 9.17) is 4.42 Å². The van der Waals surface area contributed by atoms with Crippen LogP contribution < -0.4 is 5.32 Å². The Morgan fingerprint density at radius 1 is 1.62 bits per heavy atom. The number of hydrogen-bond donors (Lipinski definition) is 1. The third-order valence-corrected chi connectivity index (χ3v) is 2.47. The molecule has 3 nitrogen and oxygen atoms in total. The largest absolute Gasteiger partial charge is 0.444 e. The van der Waals surface area contributed by atoms with Gasteiger partial charge in [-0.3, -0.25) is 0 Å². The van der Waals surface area contributed by atoms with E-state index in [9.17, 15) is 0 Å². The highest BCUT2D eigenvalue weighted by Crippen LogP contribution is 2.24. The standard InChI is InChI=1S/C10H16N2O/c1-7(2)9-6-12-10(13-9)8-4-3-5-11-8/h6-8,11H,3-5H2,1-2H3. The number of nitrogens with one attached hydrogen (secondary N) is 1. The normalized spacial score (nSPS) is 22.8. The zero-order valence-electron chi connectivity index (χ0n) is 8.21. The molecule has 2 heterocycles. The average Bonchev–Trinajstić information content (AvgIpc) is 2.75. The minimum absolute atomic E-state index is 0.354. The van der Waals surface area contributed by atoms with E-state index in [1.165, 1.54) is 6.42 Å². The molecular weight excluding hydrogens is 164 g/mol. The molecule has 0 spiro atoms. The summed E-state index contributed by atoms with van der Waals surface area (Å²) < 4.78 is 5.66. The van der Waals surface area contributed by atoms with E-state index in [0.29, 0.717) is 12.0 Å². The van der Waals surface area contributed by atoms with Gasteiger partial charge in [0.1, 0.15) is 5.76 Å². The SMILES string of the molecule is CC(C)c1cnc(C2CCCN2)o1. The maximum absolute atomic E-state index is 5.66. The van der Waals surface area contributed by atoms with Crippen LogP contribution in [-0.4, -0.2) is 11.5 Å². The van der Waals surface area contributed by atoms with E-state index in [1.807, 2.05) is 6.20 Å². The monoisotopic (exact) mass is 180 g/mol. The van der Waals surface area contributed by atoms with Crippen LogP contribution in [0.15, 0.2) is 10.6 Å². The zero-order valence-corrected chi connectivity index (χ0v) is 8.21. The third kappa shape index (κ3) is 1.75. The first-order valence-corrected chi connectivity index (χ1v) is 4.96. The third-order valence-electron chi connectivity index (χ3n) is 2.47. The van der Waals surface area contributed by atoms with E-state index in [2.05, 4.69) is 24.1 Å². The van der Waals surface area contributed by atoms with Gasteiger partial charge in [-0.05, 0) is 19.4 Å². The molecule has 1 aliphatic rings. The summed E-state index contributed by atoms with van der Waals surface area (Å²) >= 11 is 0. The minimum Gasteiger partial charge on any atom is -0.444 e. The van der Waals surface area contributed by atoms with Gasteiger partial charge in [-0.15, -0.1) is 0 Å². The van der Waals surface area contributed by atoms with Gasteiger partial charge in [0.2, 0.25) is 5.89 Å². The van der Waals surface area contributed by atoms with Crippen LogP contribution in [0.4, 0.5) is 0 Å². The fourth-order valence-electron chi connectivity index (χ4n) is 1.62. The maximum Gasteiger partial charge on any atom is 0.211 e. The van der Waals surface area contributed by atoms with Crippen molar-refractivity contribution >= 4 is 0 Å². The second-order valence-corrected chi connectivity index (χ2v) is 3.90. The van der Waals surface area contributed by atoms with Gasteiger partial charge in [0, 0.05) is 5.92 Å². The van der Waals surface area contributed by atoms with Crippen molar-refractivity contribution in [3.8, 4) is 0 Å². The Morgan fingerprint density at radius 3 is 3.00 bits per heavy atom. The summed E-state index contributed by atoms with van der Waals surface area (Å²) in [6.07, 6.45) is 4.22. The van der Waals surface area contributed by atoms with Crippen molar-refractivity contribution in [3.63, 3.8) is 0 Å². The Morgan fingerprint density at radius 2 is 2.46 bits per heavy atom. The van der Waals surface area contributed by atoms with Gasteiger partial charge in [-0.2, -0.15) is 0 Å². The smallest absolute Gasteiger partial charge is 0.211 e.